The lowest BCUT2D eigenvalue weighted by molar-refractivity contribution is 0.668. The minimum Gasteiger partial charge on any atom is -0.375 e. The van der Waals surface area contributed by atoms with E-state index < -0.39 is 0 Å². The summed E-state index contributed by atoms with van der Waals surface area (Å²) in [5.74, 6) is 0. The fourth-order valence-electron chi connectivity index (χ4n) is 1.97. The maximum Gasteiger partial charge on any atom is 0.181 e. The van der Waals surface area contributed by atoms with Crippen molar-refractivity contribution in [3.05, 3.63) is 23.8 Å². The molecule has 0 aliphatic heterocycles. The normalized spacial score (nSPS) is 11.1. The third-order valence-corrected chi connectivity index (χ3v) is 3.67. The highest BCUT2D eigenvalue weighted by molar-refractivity contribution is 7.22. The molecule has 0 saturated carbocycles. The van der Waals surface area contributed by atoms with Gasteiger partial charge in [0.05, 0.1) is 10.2 Å². The lowest BCUT2D eigenvalue weighted by Gasteiger charge is -2.01. The standard InChI is InChI=1S/C13H18N2S/c1-2-3-4-5-7-10-8-6-9-11-12(10)15-13(14)16-11/h6,8-9H,2-5,7H2,1H3,(H2,14,15). The van der Waals surface area contributed by atoms with Gasteiger partial charge in [-0.1, -0.05) is 49.7 Å². The molecule has 2 nitrogen and oxygen atoms in total. The van der Waals surface area contributed by atoms with Gasteiger partial charge in [0.25, 0.3) is 0 Å². The first-order valence-electron chi connectivity index (χ1n) is 5.95. The van der Waals surface area contributed by atoms with Crippen LogP contribution in [0.3, 0.4) is 0 Å². The number of nitrogen functional groups attached to an aromatic ring is 1. The third kappa shape index (κ3) is 2.53. The van der Waals surface area contributed by atoms with Crippen molar-refractivity contribution in [1.29, 1.82) is 0 Å². The second kappa shape index (κ2) is 5.30. The van der Waals surface area contributed by atoms with Crippen LogP contribution >= 0.6 is 11.3 Å². The van der Waals surface area contributed by atoms with Gasteiger partial charge in [-0.05, 0) is 24.5 Å². The fourth-order valence-corrected chi connectivity index (χ4v) is 2.75. The number of benzene rings is 1. The molecule has 0 aliphatic rings. The molecule has 2 N–H and O–H groups in total. The summed E-state index contributed by atoms with van der Waals surface area (Å²) in [5.41, 5.74) is 8.20. The Kier molecular flexibility index (Phi) is 3.78. The van der Waals surface area contributed by atoms with Gasteiger partial charge in [0.1, 0.15) is 0 Å². The van der Waals surface area contributed by atoms with Crippen LogP contribution in [0.1, 0.15) is 38.2 Å². The van der Waals surface area contributed by atoms with Crippen molar-refractivity contribution >= 4 is 26.7 Å². The SMILES string of the molecule is CCCCCCc1cccc2sc(N)nc12. The molecule has 0 bridgehead atoms. The molecular weight excluding hydrogens is 216 g/mol. The topological polar surface area (TPSA) is 38.9 Å². The van der Waals surface area contributed by atoms with E-state index in [0.29, 0.717) is 5.13 Å². The zero-order chi connectivity index (χ0) is 11.4. The van der Waals surface area contributed by atoms with E-state index in [-0.39, 0.29) is 0 Å². The molecule has 2 aromatic rings. The van der Waals surface area contributed by atoms with Crippen LogP contribution in [0.25, 0.3) is 10.2 Å². The van der Waals surface area contributed by atoms with Crippen molar-refractivity contribution in [2.45, 2.75) is 39.0 Å². The highest BCUT2D eigenvalue weighted by atomic mass is 32.1. The summed E-state index contributed by atoms with van der Waals surface area (Å²) in [4.78, 5) is 4.41. The van der Waals surface area contributed by atoms with Gasteiger partial charge in [-0.15, -0.1) is 0 Å². The predicted octanol–water partition coefficient (Wildman–Crippen LogP) is 4.00. The van der Waals surface area contributed by atoms with Gasteiger partial charge in [0.2, 0.25) is 0 Å². The van der Waals surface area contributed by atoms with Gasteiger partial charge in [0.15, 0.2) is 5.13 Å². The summed E-state index contributed by atoms with van der Waals surface area (Å²) in [6, 6.07) is 6.38. The molecule has 0 atom stereocenters. The maximum absolute atomic E-state index is 5.74. The molecule has 0 spiro atoms. The first-order chi connectivity index (χ1) is 7.81. The van der Waals surface area contributed by atoms with E-state index in [4.69, 9.17) is 5.73 Å². The third-order valence-electron chi connectivity index (χ3n) is 2.82. The molecule has 1 aromatic heterocycles. The van der Waals surface area contributed by atoms with Gasteiger partial charge in [-0.2, -0.15) is 0 Å². The Morgan fingerprint density at radius 2 is 2.12 bits per heavy atom. The van der Waals surface area contributed by atoms with Crippen LogP contribution < -0.4 is 5.73 Å². The molecule has 2 rings (SSSR count). The number of nitrogens with zero attached hydrogens (tertiary/aromatic N) is 1. The van der Waals surface area contributed by atoms with Gasteiger partial charge >= 0.3 is 0 Å². The Balaban J connectivity index is 2.11. The number of para-hydroxylation sites is 1. The summed E-state index contributed by atoms with van der Waals surface area (Å²) < 4.78 is 1.21. The Morgan fingerprint density at radius 1 is 1.25 bits per heavy atom. The molecule has 86 valence electrons. The van der Waals surface area contributed by atoms with E-state index in [1.165, 1.54) is 35.9 Å². The number of rotatable bonds is 5. The molecule has 16 heavy (non-hydrogen) atoms. The molecule has 0 radical (unpaired) electrons. The average molecular weight is 234 g/mol. The number of fused-ring (bicyclic) bond motifs is 1. The van der Waals surface area contributed by atoms with Gasteiger partial charge in [-0.3, -0.25) is 0 Å². The van der Waals surface area contributed by atoms with E-state index in [9.17, 15) is 0 Å². The number of anilines is 1. The minimum absolute atomic E-state index is 0.677. The van der Waals surface area contributed by atoms with Crippen LogP contribution in [-0.2, 0) is 6.42 Å². The minimum atomic E-state index is 0.677. The number of hydrogen-bond donors (Lipinski definition) is 1. The summed E-state index contributed by atoms with van der Waals surface area (Å²) in [5, 5.41) is 0.677. The first kappa shape index (κ1) is 11.4. The smallest absolute Gasteiger partial charge is 0.181 e. The van der Waals surface area contributed by atoms with Crippen LogP contribution in [0.2, 0.25) is 0 Å². The number of aromatic nitrogens is 1. The molecule has 0 amide bonds. The molecule has 3 heteroatoms. The van der Waals surface area contributed by atoms with Crippen molar-refractivity contribution in [3.63, 3.8) is 0 Å². The summed E-state index contributed by atoms with van der Waals surface area (Å²) >= 11 is 1.58. The van der Waals surface area contributed by atoms with Crippen molar-refractivity contribution in [3.8, 4) is 0 Å². The number of unbranched alkanes of at least 4 members (excludes halogenated alkanes) is 3. The molecule has 1 aromatic carbocycles. The number of hydrogen-bond acceptors (Lipinski definition) is 3. The monoisotopic (exact) mass is 234 g/mol. The number of aryl methyl sites for hydroxylation is 1. The Morgan fingerprint density at radius 3 is 2.94 bits per heavy atom. The van der Waals surface area contributed by atoms with Crippen LogP contribution in [0, 0.1) is 0 Å². The Hall–Kier alpha value is -1.09. The van der Waals surface area contributed by atoms with Crippen molar-refractivity contribution < 1.29 is 0 Å². The zero-order valence-electron chi connectivity index (χ0n) is 9.70. The van der Waals surface area contributed by atoms with Gasteiger partial charge in [0, 0.05) is 0 Å². The summed E-state index contributed by atoms with van der Waals surface area (Å²) in [7, 11) is 0. The molecule has 0 aliphatic carbocycles. The first-order valence-corrected chi connectivity index (χ1v) is 6.77. The quantitative estimate of drug-likeness (QED) is 0.794. The lowest BCUT2D eigenvalue weighted by atomic mass is 10.1. The van der Waals surface area contributed by atoms with Crippen LogP contribution in [0.4, 0.5) is 5.13 Å². The van der Waals surface area contributed by atoms with E-state index in [0.717, 1.165) is 11.9 Å². The van der Waals surface area contributed by atoms with Gasteiger partial charge < -0.3 is 5.73 Å². The predicted molar refractivity (Wildman–Crippen MR) is 71.9 cm³/mol. The highest BCUT2D eigenvalue weighted by Gasteiger charge is 2.05. The Bertz CT molecular complexity index is 462. The second-order valence-electron chi connectivity index (χ2n) is 4.13. The summed E-state index contributed by atoms with van der Waals surface area (Å²) in [6.45, 7) is 2.24. The van der Waals surface area contributed by atoms with Crippen LogP contribution in [0.5, 0.6) is 0 Å². The number of thiazole rings is 1. The van der Waals surface area contributed by atoms with Crippen molar-refractivity contribution in [2.75, 3.05) is 5.73 Å². The maximum atomic E-state index is 5.74. The largest absolute Gasteiger partial charge is 0.375 e. The van der Waals surface area contributed by atoms with Crippen LogP contribution in [0.15, 0.2) is 18.2 Å². The van der Waals surface area contributed by atoms with E-state index in [1.807, 2.05) is 0 Å². The van der Waals surface area contributed by atoms with Crippen molar-refractivity contribution in [2.24, 2.45) is 0 Å². The average Bonchev–Trinajstić information content (AvgIpc) is 2.65. The molecule has 0 saturated heterocycles. The number of nitrogens with two attached hydrogens (primary N) is 1. The summed E-state index contributed by atoms with van der Waals surface area (Å²) in [6.07, 6.45) is 6.31. The van der Waals surface area contributed by atoms with E-state index >= 15 is 0 Å². The highest BCUT2D eigenvalue weighted by Crippen LogP contribution is 2.27. The molecule has 0 fully saturated rings. The Labute approximate surface area is 101 Å². The second-order valence-corrected chi connectivity index (χ2v) is 5.19. The molecule has 0 unspecified atom stereocenters. The van der Waals surface area contributed by atoms with E-state index in [1.54, 1.807) is 11.3 Å². The fraction of sp³-hybridized carbons (Fsp3) is 0.462. The lowest BCUT2D eigenvalue weighted by Crippen LogP contribution is -1.88. The van der Waals surface area contributed by atoms with E-state index in [2.05, 4.69) is 30.1 Å². The molecule has 1 heterocycles. The van der Waals surface area contributed by atoms with Crippen LogP contribution in [-0.4, -0.2) is 4.98 Å². The van der Waals surface area contributed by atoms with Gasteiger partial charge in [-0.25, -0.2) is 4.98 Å². The molecular formula is C13H18N2S. The zero-order valence-corrected chi connectivity index (χ0v) is 10.5. The van der Waals surface area contributed by atoms with Crippen molar-refractivity contribution in [1.82, 2.24) is 4.98 Å².